The Labute approximate surface area is 123 Å². The van der Waals surface area contributed by atoms with E-state index in [1.54, 1.807) is 11.9 Å². The van der Waals surface area contributed by atoms with Gasteiger partial charge < -0.3 is 19.8 Å². The minimum Gasteiger partial charge on any atom is -0.476 e. The van der Waals surface area contributed by atoms with Gasteiger partial charge in [-0.1, -0.05) is 19.3 Å². The fourth-order valence-electron chi connectivity index (χ4n) is 2.55. The number of amides is 1. The fraction of sp³-hybridized carbons (Fsp3) is 0.571. The van der Waals surface area contributed by atoms with Crippen molar-refractivity contribution in [2.75, 3.05) is 13.7 Å². The predicted octanol–water partition coefficient (Wildman–Crippen LogP) is 2.16. The van der Waals surface area contributed by atoms with Crippen molar-refractivity contribution in [2.24, 2.45) is 0 Å². The quantitative estimate of drug-likeness (QED) is 0.613. The van der Waals surface area contributed by atoms with Crippen LogP contribution in [0.15, 0.2) is 18.3 Å². The Hall–Kier alpha value is -2.18. The minimum atomic E-state index is -0.620. The third-order valence-electron chi connectivity index (χ3n) is 3.79. The molecule has 0 aliphatic heterocycles. The van der Waals surface area contributed by atoms with Crippen LogP contribution in [0.25, 0.3) is 0 Å². The highest BCUT2D eigenvalue weighted by molar-refractivity contribution is 5.78. The van der Waals surface area contributed by atoms with E-state index in [9.17, 15) is 14.9 Å². The highest BCUT2D eigenvalue weighted by Crippen LogP contribution is 2.24. The van der Waals surface area contributed by atoms with Gasteiger partial charge in [-0.3, -0.25) is 4.79 Å². The SMILES string of the molecule is CN(C(=O)COc1cccnc1[N+](=O)[O-])C1CCCCC1. The number of carbonyl (C=O) groups is 1. The van der Waals surface area contributed by atoms with Crippen molar-refractivity contribution in [3.8, 4) is 5.75 Å². The Kier molecular flexibility index (Phi) is 5.08. The molecule has 1 aromatic rings. The molecule has 1 saturated carbocycles. The molecular formula is C14H19N3O4. The number of pyridine rings is 1. The molecule has 1 aliphatic carbocycles. The molecule has 1 heterocycles. The molecule has 0 N–H and O–H groups in total. The van der Waals surface area contributed by atoms with Gasteiger partial charge in [0.05, 0.1) is 0 Å². The van der Waals surface area contributed by atoms with Gasteiger partial charge in [0, 0.05) is 13.1 Å². The van der Waals surface area contributed by atoms with Crippen LogP contribution in [0.1, 0.15) is 32.1 Å². The Morgan fingerprint density at radius 1 is 1.48 bits per heavy atom. The lowest BCUT2D eigenvalue weighted by atomic mass is 9.94. The standard InChI is InChI=1S/C14H19N3O4/c1-16(11-6-3-2-4-7-11)13(18)10-21-12-8-5-9-15-14(12)17(19)20/h5,8-9,11H,2-4,6-7,10H2,1H3. The van der Waals surface area contributed by atoms with E-state index in [2.05, 4.69) is 4.98 Å². The van der Waals surface area contributed by atoms with Crippen molar-refractivity contribution in [3.05, 3.63) is 28.4 Å². The number of carbonyl (C=O) groups excluding carboxylic acids is 1. The van der Waals surface area contributed by atoms with Gasteiger partial charge in [-0.2, -0.15) is 0 Å². The molecule has 1 fully saturated rings. The average Bonchev–Trinajstić information content (AvgIpc) is 2.52. The van der Waals surface area contributed by atoms with E-state index < -0.39 is 4.92 Å². The number of aromatic nitrogens is 1. The second-order valence-electron chi connectivity index (χ2n) is 5.17. The van der Waals surface area contributed by atoms with Crippen LogP contribution >= 0.6 is 0 Å². The third kappa shape index (κ3) is 3.90. The Balaban J connectivity index is 1.93. The van der Waals surface area contributed by atoms with Crippen LogP contribution in [0.5, 0.6) is 5.75 Å². The predicted molar refractivity (Wildman–Crippen MR) is 76.0 cm³/mol. The summed E-state index contributed by atoms with van der Waals surface area (Å²) < 4.78 is 5.28. The summed E-state index contributed by atoms with van der Waals surface area (Å²) in [6.07, 6.45) is 6.83. The molecule has 0 unspecified atom stereocenters. The van der Waals surface area contributed by atoms with E-state index in [1.807, 2.05) is 0 Å². The molecule has 7 heteroatoms. The molecule has 0 bridgehead atoms. The van der Waals surface area contributed by atoms with Gasteiger partial charge in [-0.05, 0) is 34.9 Å². The molecule has 114 valence electrons. The van der Waals surface area contributed by atoms with Crippen LogP contribution in [-0.2, 0) is 4.79 Å². The molecule has 2 rings (SSSR count). The van der Waals surface area contributed by atoms with Crippen molar-refractivity contribution in [1.29, 1.82) is 0 Å². The Morgan fingerprint density at radius 2 is 2.19 bits per heavy atom. The van der Waals surface area contributed by atoms with E-state index in [-0.39, 0.29) is 30.1 Å². The second kappa shape index (κ2) is 7.01. The number of hydrogen-bond donors (Lipinski definition) is 0. The number of hydrogen-bond acceptors (Lipinski definition) is 5. The fourth-order valence-corrected chi connectivity index (χ4v) is 2.55. The minimum absolute atomic E-state index is 0.0212. The van der Waals surface area contributed by atoms with Crippen LogP contribution in [-0.4, -0.2) is 40.4 Å². The highest BCUT2D eigenvalue weighted by atomic mass is 16.6. The first-order chi connectivity index (χ1) is 10.1. The maximum atomic E-state index is 12.1. The lowest BCUT2D eigenvalue weighted by molar-refractivity contribution is -0.390. The van der Waals surface area contributed by atoms with Crippen LogP contribution in [0, 0.1) is 10.1 Å². The Bertz CT molecular complexity index is 515. The summed E-state index contributed by atoms with van der Waals surface area (Å²) in [5.41, 5.74) is 0. The molecule has 0 atom stereocenters. The topological polar surface area (TPSA) is 85.6 Å². The monoisotopic (exact) mass is 293 g/mol. The number of ether oxygens (including phenoxy) is 1. The maximum absolute atomic E-state index is 12.1. The maximum Gasteiger partial charge on any atom is 0.406 e. The number of rotatable bonds is 5. The number of nitro groups is 1. The molecule has 1 aliphatic rings. The summed E-state index contributed by atoms with van der Waals surface area (Å²) in [5, 5.41) is 10.8. The largest absolute Gasteiger partial charge is 0.476 e. The summed E-state index contributed by atoms with van der Waals surface area (Å²) in [6.45, 7) is -0.209. The van der Waals surface area contributed by atoms with E-state index in [1.165, 1.54) is 24.8 Å². The second-order valence-corrected chi connectivity index (χ2v) is 5.17. The number of nitrogens with zero attached hydrogens (tertiary/aromatic N) is 3. The summed E-state index contributed by atoms with van der Waals surface area (Å²) in [5.74, 6) is -0.515. The molecule has 0 spiro atoms. The molecule has 21 heavy (non-hydrogen) atoms. The molecule has 7 nitrogen and oxygen atoms in total. The first-order valence-electron chi connectivity index (χ1n) is 7.07. The van der Waals surface area contributed by atoms with Crippen LogP contribution in [0.3, 0.4) is 0 Å². The van der Waals surface area contributed by atoms with Gasteiger partial charge in [0.25, 0.3) is 5.91 Å². The van der Waals surface area contributed by atoms with E-state index in [4.69, 9.17) is 4.74 Å². The third-order valence-corrected chi connectivity index (χ3v) is 3.79. The smallest absolute Gasteiger partial charge is 0.406 e. The van der Waals surface area contributed by atoms with E-state index >= 15 is 0 Å². The first-order valence-corrected chi connectivity index (χ1v) is 7.07. The molecule has 0 saturated heterocycles. The highest BCUT2D eigenvalue weighted by Gasteiger charge is 2.23. The summed E-state index contributed by atoms with van der Waals surface area (Å²) in [4.78, 5) is 27.6. The molecular weight excluding hydrogens is 274 g/mol. The van der Waals surface area contributed by atoms with Crippen LogP contribution in [0.4, 0.5) is 5.82 Å². The van der Waals surface area contributed by atoms with Crippen molar-refractivity contribution >= 4 is 11.7 Å². The molecule has 0 radical (unpaired) electrons. The zero-order valence-corrected chi connectivity index (χ0v) is 12.0. The van der Waals surface area contributed by atoms with Crippen molar-refractivity contribution in [1.82, 2.24) is 9.88 Å². The van der Waals surface area contributed by atoms with Crippen LogP contribution in [0.2, 0.25) is 0 Å². The molecule has 0 aromatic carbocycles. The summed E-state index contributed by atoms with van der Waals surface area (Å²) >= 11 is 0. The molecule has 1 aromatic heterocycles. The van der Waals surface area contributed by atoms with Gasteiger partial charge in [0.2, 0.25) is 5.75 Å². The van der Waals surface area contributed by atoms with Crippen molar-refractivity contribution in [2.45, 2.75) is 38.1 Å². The van der Waals surface area contributed by atoms with Crippen LogP contribution < -0.4 is 4.74 Å². The van der Waals surface area contributed by atoms with Gasteiger partial charge >= 0.3 is 5.82 Å². The van der Waals surface area contributed by atoms with Gasteiger partial charge in [0.15, 0.2) is 6.61 Å². The average molecular weight is 293 g/mol. The van der Waals surface area contributed by atoms with Gasteiger partial charge in [0.1, 0.15) is 6.20 Å². The first kappa shape index (κ1) is 15.2. The van der Waals surface area contributed by atoms with Gasteiger partial charge in [-0.15, -0.1) is 0 Å². The summed E-state index contributed by atoms with van der Waals surface area (Å²) in [7, 11) is 1.76. The van der Waals surface area contributed by atoms with Gasteiger partial charge in [-0.25, -0.2) is 0 Å². The lowest BCUT2D eigenvalue weighted by Crippen LogP contribution is -2.40. The van der Waals surface area contributed by atoms with E-state index in [0.717, 1.165) is 25.7 Å². The number of likely N-dealkylation sites (N-methyl/N-ethyl adjacent to an activating group) is 1. The zero-order chi connectivity index (χ0) is 15.2. The normalized spacial score (nSPS) is 15.5. The summed E-state index contributed by atoms with van der Waals surface area (Å²) in [6, 6.07) is 3.23. The zero-order valence-electron chi connectivity index (χ0n) is 12.0. The van der Waals surface area contributed by atoms with Crippen molar-refractivity contribution in [3.63, 3.8) is 0 Å². The Morgan fingerprint density at radius 3 is 2.86 bits per heavy atom. The van der Waals surface area contributed by atoms with E-state index in [0.29, 0.717) is 0 Å². The lowest BCUT2D eigenvalue weighted by Gasteiger charge is -2.31. The molecule has 1 amide bonds. The van der Waals surface area contributed by atoms with Crippen molar-refractivity contribution < 1.29 is 14.5 Å².